The molecule has 26 nitrogen and oxygen atoms in total. The highest BCUT2D eigenvalue weighted by molar-refractivity contribution is 5.81. The minimum atomic E-state index is -0.489. The van der Waals surface area contributed by atoms with Crippen molar-refractivity contribution in [3.05, 3.63) is 261 Å². The fraction of sp³-hybridized carbons (Fsp3) is 0.0357. The lowest BCUT2D eigenvalue weighted by Crippen LogP contribution is -2.23. The summed E-state index contributed by atoms with van der Waals surface area (Å²) in [5, 5.41) is 38.6. The van der Waals surface area contributed by atoms with Crippen LogP contribution in [-0.2, 0) is 0 Å². The Morgan fingerprint density at radius 3 is 1.45 bits per heavy atom. The number of benzene rings is 7. The van der Waals surface area contributed by atoms with Crippen LogP contribution < -0.4 is 39.5 Å². The fourth-order valence-corrected chi connectivity index (χ4v) is 8.31. The summed E-state index contributed by atoms with van der Waals surface area (Å²) < 4.78 is 11.2. The minimum absolute atomic E-state index is 0.164. The first kappa shape index (κ1) is 53.0. The molecule has 0 amide bonds. The van der Waals surface area contributed by atoms with Crippen LogP contribution in [0.5, 0.6) is 0 Å². The number of nitriles is 1. The van der Waals surface area contributed by atoms with Crippen molar-refractivity contribution in [1.29, 1.82) is 5.26 Å². The maximum atomic E-state index is 13.5. The number of hydrogen-bond donors (Lipinski definition) is 4. The lowest BCUT2D eigenvalue weighted by Gasteiger charge is -2.12. The van der Waals surface area contributed by atoms with Crippen LogP contribution in [0.15, 0.2) is 203 Å². The van der Waals surface area contributed by atoms with Crippen LogP contribution in [0.1, 0.15) is 28.7 Å². The highest BCUT2D eigenvalue weighted by Gasteiger charge is 2.15. The highest BCUT2D eigenvalue weighted by Crippen LogP contribution is 2.19. The molecule has 0 saturated heterocycles. The zero-order valence-corrected chi connectivity index (χ0v) is 43.0. The second-order valence-electron chi connectivity index (χ2n) is 17.4. The number of nitrogens with zero attached hydrogens (tertiary/aromatic N) is 15. The lowest BCUT2D eigenvalue weighted by atomic mass is 10.1. The van der Waals surface area contributed by atoms with E-state index in [1.807, 2.05) is 36.4 Å². The van der Waals surface area contributed by atoms with Gasteiger partial charge in [0.25, 0.3) is 11.1 Å². The smallest absolute Gasteiger partial charge is 0.365 e. The van der Waals surface area contributed by atoms with Crippen LogP contribution in [0.2, 0.25) is 0 Å². The molecule has 0 aliphatic heterocycles. The van der Waals surface area contributed by atoms with Crippen LogP contribution in [-0.4, -0.2) is 84.7 Å². The Labute approximate surface area is 458 Å². The van der Waals surface area contributed by atoms with Crippen molar-refractivity contribution in [3.8, 4) is 34.5 Å². The number of nitrogen functional groups attached to an aromatic ring is 1. The fourth-order valence-electron chi connectivity index (χ4n) is 8.31. The molecule has 13 rings (SSSR count). The van der Waals surface area contributed by atoms with Crippen LogP contribution in [0.3, 0.4) is 0 Å². The Balaban J connectivity index is 0.000000133. The summed E-state index contributed by atoms with van der Waals surface area (Å²) in [5.74, 6) is 1.37. The van der Waals surface area contributed by atoms with Gasteiger partial charge in [0.1, 0.15) is 11.6 Å². The number of H-pyrrole nitrogens is 3. The van der Waals surface area contributed by atoms with Crippen LogP contribution in [0.4, 0.5) is 5.69 Å². The molecule has 6 aromatic heterocycles. The number of nitrogens with two attached hydrogens (primary N) is 1. The van der Waals surface area contributed by atoms with E-state index in [-0.39, 0.29) is 22.4 Å². The number of para-hydroxylation sites is 3. The summed E-state index contributed by atoms with van der Waals surface area (Å²) in [4.78, 5) is 85.4. The van der Waals surface area contributed by atoms with Gasteiger partial charge < -0.3 is 10.2 Å². The van der Waals surface area contributed by atoms with Gasteiger partial charge in [-0.25, -0.2) is 49.4 Å². The molecular weight excluding hydrogens is 1050 g/mol. The Morgan fingerprint density at radius 2 is 0.939 bits per heavy atom. The van der Waals surface area contributed by atoms with E-state index in [4.69, 9.17) is 20.4 Å². The number of aromatic amines is 3. The third kappa shape index (κ3) is 11.5. The second kappa shape index (κ2) is 23.5. The molecule has 0 unspecified atom stereocenters. The van der Waals surface area contributed by atoms with Crippen molar-refractivity contribution in [2.75, 3.05) is 5.73 Å². The molecule has 7 aromatic carbocycles. The molecule has 82 heavy (non-hydrogen) atoms. The summed E-state index contributed by atoms with van der Waals surface area (Å²) in [6.45, 7) is 3.43. The van der Waals surface area contributed by atoms with E-state index in [0.29, 0.717) is 89.9 Å². The van der Waals surface area contributed by atoms with Gasteiger partial charge in [-0.1, -0.05) is 72.8 Å². The number of tetrazole rings is 3. The standard InChI is InChI=1S/C24H15N7O2.C16H12N6O2.C9H7NO2.C7H7N5O/c25-15-17-10-8-16(9-11-17)12-13-22-26-21-7-2-1-6-20(21)23(32)30(22)18-4-3-5-19(14-18)31-24(33)27-28-29-31;1-10-17-14-8-3-2-7-13(14)15(23)21(10)11-5-4-6-12(9-11)22-16(24)18-19-20-22;1-6-10-8-5-3-2-4-7(8)9(11)12-6;8-5-2-1-3-6(4-5)12-7(13)9-10-11-12/h1-14H,(H,27,29,33);2-9H,1H3,(H,18,20,24);2-5H,1H3;1-4H,8H2,(H,9,11,13)/b13-12+;;;. The normalized spacial score (nSPS) is 10.8. The van der Waals surface area contributed by atoms with E-state index in [1.165, 1.54) is 9.13 Å². The molecule has 0 atom stereocenters. The Bertz CT molecular complexity index is 4940. The summed E-state index contributed by atoms with van der Waals surface area (Å²) in [7, 11) is 0. The highest BCUT2D eigenvalue weighted by atomic mass is 16.4. The monoisotopic (exact) mass is 1090 g/mol. The first-order valence-corrected chi connectivity index (χ1v) is 24.5. The quantitative estimate of drug-likeness (QED) is 0.157. The topological polar surface area (TPSA) is 353 Å². The van der Waals surface area contributed by atoms with Crippen LogP contribution in [0, 0.1) is 25.2 Å². The number of hydrogen-bond acceptors (Lipinski definition) is 18. The van der Waals surface area contributed by atoms with Gasteiger partial charge >= 0.3 is 22.7 Å². The number of nitrogens with one attached hydrogen (secondary N) is 3. The SMILES string of the molecule is Cc1nc2ccccc2c(=O)n1-c1cccc(-n2nn[nH]c2=O)c1.Cc1nc2ccccc2c(=O)o1.N#Cc1ccc(/C=C/c2nc3ccccc3c(=O)n2-c2cccc(-n3nn[nH]c3=O)c2)cc1.Nc1cccc(-n2nn[nH]c2=O)c1. The molecule has 0 radical (unpaired) electrons. The van der Waals surface area contributed by atoms with E-state index < -0.39 is 11.4 Å². The molecule has 13 aromatic rings. The van der Waals surface area contributed by atoms with Crippen molar-refractivity contribution in [1.82, 2.24) is 84.7 Å². The molecule has 6 heterocycles. The number of aryl methyl sites for hydroxylation is 2. The largest absolute Gasteiger partial charge is 0.408 e. The average molecular weight is 1090 g/mol. The molecule has 0 saturated carbocycles. The molecule has 0 bridgehead atoms. The Hall–Kier alpha value is -12.4. The Kier molecular flexibility index (Phi) is 15.2. The van der Waals surface area contributed by atoms with Gasteiger partial charge in [-0.3, -0.25) is 18.7 Å². The van der Waals surface area contributed by atoms with Crippen molar-refractivity contribution >= 4 is 50.5 Å². The molecule has 0 fully saturated rings. The average Bonchev–Trinajstić information content (AvgIpc) is 3.82. The predicted molar refractivity (Wildman–Crippen MR) is 302 cm³/mol. The van der Waals surface area contributed by atoms with Gasteiger partial charge in [0.2, 0.25) is 0 Å². The molecule has 26 heteroatoms. The minimum Gasteiger partial charge on any atom is -0.408 e. The van der Waals surface area contributed by atoms with E-state index in [9.17, 15) is 28.8 Å². The molecular formula is C56H41N19O7. The third-order valence-corrected chi connectivity index (χ3v) is 12.0. The van der Waals surface area contributed by atoms with Crippen molar-refractivity contribution in [2.45, 2.75) is 13.8 Å². The summed E-state index contributed by atoms with van der Waals surface area (Å²) >= 11 is 0. The van der Waals surface area contributed by atoms with Crippen molar-refractivity contribution < 1.29 is 4.42 Å². The summed E-state index contributed by atoms with van der Waals surface area (Å²) in [6.07, 6.45) is 3.56. The van der Waals surface area contributed by atoms with E-state index in [0.717, 1.165) is 19.6 Å². The number of aromatic nitrogens is 17. The van der Waals surface area contributed by atoms with Crippen molar-refractivity contribution in [2.24, 2.45) is 0 Å². The third-order valence-electron chi connectivity index (χ3n) is 12.0. The molecule has 0 aliphatic rings. The van der Waals surface area contributed by atoms with E-state index >= 15 is 0 Å². The van der Waals surface area contributed by atoms with Gasteiger partial charge in [-0.15, -0.1) is 0 Å². The van der Waals surface area contributed by atoms with Gasteiger partial charge in [0, 0.05) is 12.6 Å². The van der Waals surface area contributed by atoms with E-state index in [2.05, 4.69) is 62.6 Å². The predicted octanol–water partition coefficient (Wildman–Crippen LogP) is 4.69. The van der Waals surface area contributed by atoms with Crippen LogP contribution >= 0.6 is 0 Å². The van der Waals surface area contributed by atoms with Crippen LogP contribution in [0.25, 0.3) is 73.3 Å². The number of rotatable bonds is 7. The molecule has 0 aliphatic carbocycles. The van der Waals surface area contributed by atoms with Gasteiger partial charge in [0.05, 0.1) is 72.8 Å². The lowest BCUT2D eigenvalue weighted by molar-refractivity contribution is 0.467. The number of fused-ring (bicyclic) bond motifs is 3. The number of anilines is 1. The van der Waals surface area contributed by atoms with Gasteiger partial charge in [0.15, 0.2) is 5.89 Å². The molecule has 402 valence electrons. The molecule has 5 N–H and O–H groups in total. The first-order valence-electron chi connectivity index (χ1n) is 24.5. The zero-order chi connectivity index (χ0) is 57.3. The van der Waals surface area contributed by atoms with E-state index in [1.54, 1.807) is 159 Å². The van der Waals surface area contributed by atoms with Gasteiger partial charge in [-0.2, -0.15) is 19.3 Å². The summed E-state index contributed by atoms with van der Waals surface area (Å²) in [5.41, 5.74) is 10.1. The second-order valence-corrected chi connectivity index (χ2v) is 17.4. The zero-order valence-electron chi connectivity index (χ0n) is 43.0. The van der Waals surface area contributed by atoms with Crippen molar-refractivity contribution in [3.63, 3.8) is 0 Å². The maximum Gasteiger partial charge on any atom is 0.365 e. The Morgan fingerprint density at radius 1 is 0.488 bits per heavy atom. The maximum absolute atomic E-state index is 13.5. The molecule has 0 spiro atoms. The summed E-state index contributed by atoms with van der Waals surface area (Å²) in [6, 6.07) is 51.2. The first-order chi connectivity index (χ1) is 39.8. The van der Waals surface area contributed by atoms with Gasteiger partial charge in [-0.05, 0) is 153 Å².